The van der Waals surface area contributed by atoms with Crippen molar-refractivity contribution >= 4 is 29.9 Å². The highest BCUT2D eigenvalue weighted by molar-refractivity contribution is 14.0. The molecule has 2 aromatic rings. The molecular formula is C23H35IN6O3. The van der Waals surface area contributed by atoms with Crippen LogP contribution in [0.1, 0.15) is 42.5 Å². The molecule has 0 spiro atoms. The van der Waals surface area contributed by atoms with Crippen molar-refractivity contribution in [3.63, 3.8) is 0 Å². The number of aryl methyl sites for hydroxylation is 1. The Bertz CT molecular complexity index is 900. The maximum atomic E-state index is 5.83. The fraction of sp³-hybridized carbons (Fsp3) is 0.609. The summed E-state index contributed by atoms with van der Waals surface area (Å²) in [7, 11) is 1.96. The molecule has 0 radical (unpaired) electrons. The van der Waals surface area contributed by atoms with Crippen LogP contribution in [-0.2, 0) is 23.1 Å². The summed E-state index contributed by atoms with van der Waals surface area (Å²) >= 11 is 0. The van der Waals surface area contributed by atoms with Gasteiger partial charge in [-0.2, -0.15) is 0 Å². The van der Waals surface area contributed by atoms with Crippen LogP contribution in [0.25, 0.3) is 0 Å². The molecule has 2 unspecified atom stereocenters. The number of aromatic nitrogens is 3. The molecule has 182 valence electrons. The lowest BCUT2D eigenvalue weighted by atomic mass is 10.0. The molecule has 9 nitrogen and oxygen atoms in total. The lowest BCUT2D eigenvalue weighted by Gasteiger charge is -2.28. The van der Waals surface area contributed by atoms with Gasteiger partial charge in [0.1, 0.15) is 18.1 Å². The number of halogens is 1. The highest BCUT2D eigenvalue weighted by Gasteiger charge is 2.22. The van der Waals surface area contributed by atoms with E-state index in [-0.39, 0.29) is 30.0 Å². The average Bonchev–Trinajstić information content (AvgIpc) is 3.45. The number of benzene rings is 1. The molecule has 1 aromatic heterocycles. The van der Waals surface area contributed by atoms with Gasteiger partial charge in [0.05, 0.1) is 25.9 Å². The third-order valence-electron chi connectivity index (χ3n) is 5.97. The number of fused-ring (bicyclic) bond motifs is 1. The van der Waals surface area contributed by atoms with E-state index >= 15 is 0 Å². The first kappa shape index (κ1) is 25.7. The van der Waals surface area contributed by atoms with Gasteiger partial charge in [-0.05, 0) is 25.8 Å². The highest BCUT2D eigenvalue weighted by Crippen LogP contribution is 2.31. The van der Waals surface area contributed by atoms with Gasteiger partial charge in [0.2, 0.25) is 0 Å². The van der Waals surface area contributed by atoms with Crippen LogP contribution < -0.4 is 15.4 Å². The van der Waals surface area contributed by atoms with Crippen molar-refractivity contribution in [2.24, 2.45) is 18.0 Å². The summed E-state index contributed by atoms with van der Waals surface area (Å²) in [4.78, 5) is 4.79. The molecule has 2 atom stereocenters. The number of nitrogens with zero attached hydrogens (tertiary/aromatic N) is 4. The van der Waals surface area contributed by atoms with E-state index in [1.54, 1.807) is 0 Å². The minimum absolute atomic E-state index is 0. The summed E-state index contributed by atoms with van der Waals surface area (Å²) in [5.41, 5.74) is 1.16. The number of para-hydroxylation sites is 1. The lowest BCUT2D eigenvalue weighted by Crippen LogP contribution is -2.41. The summed E-state index contributed by atoms with van der Waals surface area (Å²) < 4.78 is 19.0. The Hall–Kier alpha value is -1.92. The molecule has 1 fully saturated rings. The van der Waals surface area contributed by atoms with E-state index in [0.717, 1.165) is 81.2 Å². The number of ether oxygens (including phenoxy) is 3. The monoisotopic (exact) mass is 570 g/mol. The van der Waals surface area contributed by atoms with Crippen molar-refractivity contribution < 1.29 is 14.2 Å². The van der Waals surface area contributed by atoms with Crippen molar-refractivity contribution in [2.75, 3.05) is 39.6 Å². The van der Waals surface area contributed by atoms with Crippen LogP contribution in [0.4, 0.5) is 0 Å². The summed E-state index contributed by atoms with van der Waals surface area (Å²) in [5, 5.41) is 15.4. The second kappa shape index (κ2) is 13.1. The molecular weight excluding hydrogens is 535 g/mol. The first-order chi connectivity index (χ1) is 15.7. The smallest absolute Gasteiger partial charge is 0.192 e. The van der Waals surface area contributed by atoms with Crippen molar-refractivity contribution in [3.8, 4) is 5.75 Å². The van der Waals surface area contributed by atoms with E-state index in [4.69, 9.17) is 19.2 Å². The van der Waals surface area contributed by atoms with Gasteiger partial charge in [-0.15, -0.1) is 34.2 Å². The molecule has 33 heavy (non-hydrogen) atoms. The van der Waals surface area contributed by atoms with Crippen molar-refractivity contribution in [1.82, 2.24) is 25.4 Å². The van der Waals surface area contributed by atoms with Gasteiger partial charge in [-0.3, -0.25) is 0 Å². The minimum atomic E-state index is 0. The van der Waals surface area contributed by atoms with Gasteiger partial charge < -0.3 is 29.4 Å². The van der Waals surface area contributed by atoms with Crippen LogP contribution in [0.15, 0.2) is 29.3 Å². The second-order valence-corrected chi connectivity index (χ2v) is 8.34. The van der Waals surface area contributed by atoms with Gasteiger partial charge in [-0.25, -0.2) is 4.99 Å². The number of rotatable bonds is 9. The van der Waals surface area contributed by atoms with E-state index in [9.17, 15) is 0 Å². The van der Waals surface area contributed by atoms with Gasteiger partial charge in [0.15, 0.2) is 11.8 Å². The Labute approximate surface area is 212 Å². The zero-order chi connectivity index (χ0) is 22.2. The van der Waals surface area contributed by atoms with Gasteiger partial charge >= 0.3 is 0 Å². The van der Waals surface area contributed by atoms with Crippen LogP contribution in [0.3, 0.4) is 0 Å². The number of aliphatic imine (C=N–C) groups is 1. The van der Waals surface area contributed by atoms with E-state index in [2.05, 4.69) is 26.9 Å². The SMILES string of the molecule is Cc1nnc(CN=C(NCCCOCC2CCOC2)NC2CCOc3ccccc32)n1C.I. The van der Waals surface area contributed by atoms with E-state index in [1.807, 2.05) is 36.7 Å². The van der Waals surface area contributed by atoms with Crippen molar-refractivity contribution in [2.45, 2.75) is 38.8 Å². The molecule has 3 heterocycles. The fourth-order valence-electron chi connectivity index (χ4n) is 3.89. The van der Waals surface area contributed by atoms with Gasteiger partial charge in [-0.1, -0.05) is 18.2 Å². The molecule has 1 aromatic carbocycles. The van der Waals surface area contributed by atoms with Crippen molar-refractivity contribution in [3.05, 3.63) is 41.5 Å². The zero-order valence-corrected chi connectivity index (χ0v) is 21.8. The first-order valence-corrected chi connectivity index (χ1v) is 11.5. The number of guanidine groups is 1. The third kappa shape index (κ3) is 7.28. The summed E-state index contributed by atoms with van der Waals surface area (Å²) in [6, 6.07) is 8.31. The predicted octanol–water partition coefficient (Wildman–Crippen LogP) is 2.74. The molecule has 0 bridgehead atoms. The maximum absolute atomic E-state index is 5.83. The standard InChI is InChI=1S/C23H34N6O3.HI/c1-17-27-28-22(29(17)2)14-25-23(24-10-5-11-30-15-18-8-12-31-16-18)26-20-9-13-32-21-7-4-3-6-19(20)21;/h3-4,6-7,18,20H,5,8-16H2,1-2H3,(H2,24,25,26);1H. The Balaban J connectivity index is 0.00000306. The topological polar surface area (TPSA) is 94.8 Å². The van der Waals surface area contributed by atoms with Crippen molar-refractivity contribution in [1.29, 1.82) is 0 Å². The highest BCUT2D eigenvalue weighted by atomic mass is 127. The molecule has 0 saturated carbocycles. The number of hydrogen-bond donors (Lipinski definition) is 2. The lowest BCUT2D eigenvalue weighted by molar-refractivity contribution is 0.0888. The molecule has 2 aliphatic heterocycles. The predicted molar refractivity (Wildman–Crippen MR) is 137 cm³/mol. The van der Waals surface area contributed by atoms with E-state index in [0.29, 0.717) is 19.1 Å². The Morgan fingerprint density at radius 3 is 2.91 bits per heavy atom. The summed E-state index contributed by atoms with van der Waals surface area (Å²) in [5.74, 6) is 3.95. The van der Waals surface area contributed by atoms with Crippen LogP contribution in [0.5, 0.6) is 5.75 Å². The fourth-order valence-corrected chi connectivity index (χ4v) is 3.89. The maximum Gasteiger partial charge on any atom is 0.192 e. The van der Waals surface area contributed by atoms with Crippen LogP contribution >= 0.6 is 24.0 Å². The molecule has 2 aliphatic rings. The van der Waals surface area contributed by atoms with Crippen LogP contribution in [0.2, 0.25) is 0 Å². The molecule has 0 amide bonds. The second-order valence-electron chi connectivity index (χ2n) is 8.34. The minimum Gasteiger partial charge on any atom is -0.493 e. The molecule has 4 rings (SSSR count). The number of hydrogen-bond acceptors (Lipinski definition) is 6. The van der Waals surface area contributed by atoms with Crippen LogP contribution in [0, 0.1) is 12.8 Å². The Morgan fingerprint density at radius 1 is 1.24 bits per heavy atom. The number of nitrogens with one attached hydrogen (secondary N) is 2. The third-order valence-corrected chi connectivity index (χ3v) is 5.97. The summed E-state index contributed by atoms with van der Waals surface area (Å²) in [6.07, 6.45) is 2.89. The normalized spacial score (nSPS) is 20.0. The zero-order valence-electron chi connectivity index (χ0n) is 19.5. The van der Waals surface area contributed by atoms with Crippen LogP contribution in [-0.4, -0.2) is 60.3 Å². The Kier molecular flexibility index (Phi) is 10.2. The molecule has 2 N–H and O–H groups in total. The largest absolute Gasteiger partial charge is 0.493 e. The molecule has 10 heteroatoms. The quantitative estimate of drug-likeness (QED) is 0.207. The Morgan fingerprint density at radius 2 is 2.12 bits per heavy atom. The van der Waals surface area contributed by atoms with Gasteiger partial charge in [0.25, 0.3) is 0 Å². The first-order valence-electron chi connectivity index (χ1n) is 11.5. The average molecular weight is 570 g/mol. The van der Waals surface area contributed by atoms with E-state index < -0.39 is 0 Å². The summed E-state index contributed by atoms with van der Waals surface area (Å²) in [6.45, 7) is 7.04. The molecule has 1 saturated heterocycles. The van der Waals surface area contributed by atoms with Gasteiger partial charge in [0, 0.05) is 44.7 Å². The van der Waals surface area contributed by atoms with E-state index in [1.165, 1.54) is 0 Å². The molecule has 0 aliphatic carbocycles.